The van der Waals surface area contributed by atoms with E-state index in [1.807, 2.05) is 24.3 Å². The lowest BCUT2D eigenvalue weighted by atomic mass is 10.0. The quantitative estimate of drug-likeness (QED) is 0.785. The Morgan fingerprint density at radius 3 is 2.69 bits per heavy atom. The molecule has 72 valence electrons. The minimum absolute atomic E-state index is 0.0913. The molecule has 0 heterocycles. The Kier molecular flexibility index (Phi) is 4.26. The van der Waals surface area contributed by atoms with Gasteiger partial charge in [-0.15, -0.1) is 0 Å². The SMILES string of the molecule is CCCCC(N)c1ccccc1Cl. The van der Waals surface area contributed by atoms with E-state index in [1.165, 1.54) is 6.42 Å². The highest BCUT2D eigenvalue weighted by molar-refractivity contribution is 6.31. The fraction of sp³-hybridized carbons (Fsp3) is 0.455. The number of rotatable bonds is 4. The van der Waals surface area contributed by atoms with Crippen LogP contribution in [0.15, 0.2) is 24.3 Å². The summed E-state index contributed by atoms with van der Waals surface area (Å²) in [5.74, 6) is 0. The molecule has 0 saturated carbocycles. The molecule has 2 heteroatoms. The summed E-state index contributed by atoms with van der Waals surface area (Å²) >= 11 is 6.02. The van der Waals surface area contributed by atoms with Crippen LogP contribution in [0.5, 0.6) is 0 Å². The predicted octanol–water partition coefficient (Wildman–Crippen LogP) is 3.53. The smallest absolute Gasteiger partial charge is 0.0453 e. The Hall–Kier alpha value is -0.530. The van der Waals surface area contributed by atoms with Crippen LogP contribution in [0.3, 0.4) is 0 Å². The Bertz CT molecular complexity index is 260. The summed E-state index contributed by atoms with van der Waals surface area (Å²) in [4.78, 5) is 0. The van der Waals surface area contributed by atoms with Gasteiger partial charge in [0.1, 0.15) is 0 Å². The van der Waals surface area contributed by atoms with Crippen molar-refractivity contribution in [2.45, 2.75) is 32.2 Å². The van der Waals surface area contributed by atoms with Crippen molar-refractivity contribution in [1.82, 2.24) is 0 Å². The lowest BCUT2D eigenvalue weighted by Gasteiger charge is -2.12. The van der Waals surface area contributed by atoms with E-state index in [4.69, 9.17) is 17.3 Å². The van der Waals surface area contributed by atoms with Crippen LogP contribution in [0.2, 0.25) is 5.02 Å². The minimum atomic E-state index is 0.0913. The molecule has 0 spiro atoms. The van der Waals surface area contributed by atoms with Gasteiger partial charge in [-0.3, -0.25) is 0 Å². The Morgan fingerprint density at radius 1 is 1.38 bits per heavy atom. The highest BCUT2D eigenvalue weighted by Gasteiger charge is 2.07. The van der Waals surface area contributed by atoms with Gasteiger partial charge in [-0.05, 0) is 18.1 Å². The summed E-state index contributed by atoms with van der Waals surface area (Å²) in [7, 11) is 0. The van der Waals surface area contributed by atoms with Crippen molar-refractivity contribution in [3.8, 4) is 0 Å². The topological polar surface area (TPSA) is 26.0 Å². The summed E-state index contributed by atoms with van der Waals surface area (Å²) in [5, 5.41) is 0.783. The summed E-state index contributed by atoms with van der Waals surface area (Å²) in [5.41, 5.74) is 7.06. The van der Waals surface area contributed by atoms with Crippen LogP contribution in [0, 0.1) is 0 Å². The number of benzene rings is 1. The van der Waals surface area contributed by atoms with Crippen LogP contribution in [0.1, 0.15) is 37.8 Å². The van der Waals surface area contributed by atoms with Crippen LogP contribution >= 0.6 is 11.6 Å². The second-order valence-corrected chi connectivity index (χ2v) is 3.68. The van der Waals surface area contributed by atoms with Gasteiger partial charge >= 0.3 is 0 Å². The third kappa shape index (κ3) is 3.02. The molecule has 1 nitrogen and oxygen atoms in total. The van der Waals surface area contributed by atoms with Crippen LogP contribution in [0.4, 0.5) is 0 Å². The minimum Gasteiger partial charge on any atom is -0.324 e. The first-order chi connectivity index (χ1) is 6.25. The van der Waals surface area contributed by atoms with Gasteiger partial charge in [0.15, 0.2) is 0 Å². The van der Waals surface area contributed by atoms with Gasteiger partial charge in [-0.1, -0.05) is 49.6 Å². The molecule has 1 rings (SSSR count). The van der Waals surface area contributed by atoms with Gasteiger partial charge < -0.3 is 5.73 Å². The average Bonchev–Trinajstić information content (AvgIpc) is 2.15. The summed E-state index contributed by atoms with van der Waals surface area (Å²) < 4.78 is 0. The molecule has 0 aliphatic carbocycles. The van der Waals surface area contributed by atoms with Gasteiger partial charge in [-0.25, -0.2) is 0 Å². The number of unbranched alkanes of at least 4 members (excludes halogenated alkanes) is 1. The van der Waals surface area contributed by atoms with Crippen molar-refractivity contribution in [2.75, 3.05) is 0 Å². The van der Waals surface area contributed by atoms with E-state index in [0.717, 1.165) is 23.4 Å². The second kappa shape index (κ2) is 5.25. The van der Waals surface area contributed by atoms with Crippen LogP contribution in [0.25, 0.3) is 0 Å². The average molecular weight is 198 g/mol. The highest BCUT2D eigenvalue weighted by atomic mass is 35.5. The second-order valence-electron chi connectivity index (χ2n) is 3.27. The molecule has 0 fully saturated rings. The maximum atomic E-state index is 6.02. The van der Waals surface area contributed by atoms with E-state index in [0.29, 0.717) is 0 Å². The standard InChI is InChI=1S/C11H16ClN/c1-2-3-8-11(13)9-6-4-5-7-10(9)12/h4-7,11H,2-3,8,13H2,1H3. The molecule has 0 amide bonds. The van der Waals surface area contributed by atoms with Gasteiger partial charge in [0.2, 0.25) is 0 Å². The van der Waals surface area contributed by atoms with Crippen molar-refractivity contribution in [3.63, 3.8) is 0 Å². The molecule has 0 aromatic heterocycles. The molecular weight excluding hydrogens is 182 g/mol. The third-order valence-corrected chi connectivity index (χ3v) is 2.52. The van der Waals surface area contributed by atoms with Gasteiger partial charge in [0.25, 0.3) is 0 Å². The molecule has 1 atom stereocenters. The largest absolute Gasteiger partial charge is 0.324 e. The Morgan fingerprint density at radius 2 is 2.08 bits per heavy atom. The van der Waals surface area contributed by atoms with E-state index in [1.54, 1.807) is 0 Å². The van der Waals surface area contributed by atoms with Crippen molar-refractivity contribution >= 4 is 11.6 Å². The Balaban J connectivity index is 2.65. The first kappa shape index (κ1) is 10.6. The van der Waals surface area contributed by atoms with E-state index in [2.05, 4.69) is 6.92 Å². The van der Waals surface area contributed by atoms with Crippen LogP contribution < -0.4 is 5.73 Å². The van der Waals surface area contributed by atoms with Crippen molar-refractivity contribution in [3.05, 3.63) is 34.9 Å². The lowest BCUT2D eigenvalue weighted by Crippen LogP contribution is -2.10. The fourth-order valence-corrected chi connectivity index (χ4v) is 1.63. The molecular formula is C11H16ClN. The molecule has 1 aromatic carbocycles. The zero-order valence-electron chi connectivity index (χ0n) is 7.96. The predicted molar refractivity (Wildman–Crippen MR) is 57.9 cm³/mol. The maximum Gasteiger partial charge on any atom is 0.0453 e. The monoisotopic (exact) mass is 197 g/mol. The summed E-state index contributed by atoms with van der Waals surface area (Å²) in [6, 6.07) is 7.89. The fourth-order valence-electron chi connectivity index (χ4n) is 1.36. The van der Waals surface area contributed by atoms with Crippen molar-refractivity contribution < 1.29 is 0 Å². The van der Waals surface area contributed by atoms with Crippen molar-refractivity contribution in [1.29, 1.82) is 0 Å². The zero-order chi connectivity index (χ0) is 9.68. The first-order valence-corrected chi connectivity index (χ1v) is 5.13. The zero-order valence-corrected chi connectivity index (χ0v) is 8.72. The summed E-state index contributed by atoms with van der Waals surface area (Å²) in [6.07, 6.45) is 3.35. The molecule has 0 bridgehead atoms. The number of halogens is 1. The lowest BCUT2D eigenvalue weighted by molar-refractivity contribution is 0.603. The van der Waals surface area contributed by atoms with Crippen LogP contribution in [-0.4, -0.2) is 0 Å². The first-order valence-electron chi connectivity index (χ1n) is 4.75. The molecule has 1 aromatic rings. The molecule has 1 unspecified atom stereocenters. The number of hydrogen-bond donors (Lipinski definition) is 1. The molecule has 0 aliphatic heterocycles. The van der Waals surface area contributed by atoms with Crippen LogP contribution in [-0.2, 0) is 0 Å². The van der Waals surface area contributed by atoms with Gasteiger partial charge in [0, 0.05) is 11.1 Å². The third-order valence-electron chi connectivity index (χ3n) is 2.17. The van der Waals surface area contributed by atoms with Gasteiger partial charge in [0.05, 0.1) is 0 Å². The van der Waals surface area contributed by atoms with E-state index in [-0.39, 0.29) is 6.04 Å². The van der Waals surface area contributed by atoms with Gasteiger partial charge in [-0.2, -0.15) is 0 Å². The molecule has 13 heavy (non-hydrogen) atoms. The van der Waals surface area contributed by atoms with E-state index < -0.39 is 0 Å². The number of nitrogens with two attached hydrogens (primary N) is 1. The van der Waals surface area contributed by atoms with Crippen molar-refractivity contribution in [2.24, 2.45) is 5.73 Å². The highest BCUT2D eigenvalue weighted by Crippen LogP contribution is 2.24. The maximum absolute atomic E-state index is 6.02. The molecule has 2 N–H and O–H groups in total. The molecule has 0 aliphatic rings. The number of hydrogen-bond acceptors (Lipinski definition) is 1. The normalized spacial score (nSPS) is 12.8. The summed E-state index contributed by atoms with van der Waals surface area (Å²) in [6.45, 7) is 2.17. The molecule has 0 radical (unpaired) electrons. The van der Waals surface area contributed by atoms with E-state index in [9.17, 15) is 0 Å². The van der Waals surface area contributed by atoms with E-state index >= 15 is 0 Å². The Labute approximate surface area is 84.9 Å². The molecule has 0 saturated heterocycles.